The highest BCUT2D eigenvalue weighted by atomic mass is 16.4. The summed E-state index contributed by atoms with van der Waals surface area (Å²) in [7, 11) is 0. The predicted molar refractivity (Wildman–Crippen MR) is 241 cm³/mol. The van der Waals surface area contributed by atoms with Gasteiger partial charge in [-0.2, -0.15) is 0 Å². The molecular formula is C54H59NO2. The van der Waals surface area contributed by atoms with E-state index in [2.05, 4.69) is 122 Å². The van der Waals surface area contributed by atoms with Crippen molar-refractivity contribution in [2.45, 2.75) is 109 Å². The van der Waals surface area contributed by atoms with Crippen molar-refractivity contribution in [3.63, 3.8) is 0 Å². The van der Waals surface area contributed by atoms with E-state index in [1.54, 1.807) is 12.1 Å². The Balaban J connectivity index is 1.26. The zero-order valence-corrected chi connectivity index (χ0v) is 34.1. The number of benzene rings is 6. The summed E-state index contributed by atoms with van der Waals surface area (Å²) in [6.07, 6.45) is 18.0. The number of rotatable bonds is 20. The molecule has 6 aromatic carbocycles. The van der Waals surface area contributed by atoms with Gasteiger partial charge in [-0.15, -0.1) is 0 Å². The monoisotopic (exact) mass is 753 g/mol. The Labute approximate surface area is 341 Å². The molecule has 0 saturated carbocycles. The number of aromatic carboxylic acids is 1. The molecule has 0 aliphatic heterocycles. The minimum Gasteiger partial charge on any atom is -0.478 e. The lowest BCUT2D eigenvalue weighted by atomic mass is 9.70. The van der Waals surface area contributed by atoms with Crippen molar-refractivity contribution in [3.05, 3.63) is 162 Å². The molecule has 7 rings (SSSR count). The Morgan fingerprint density at radius 1 is 0.456 bits per heavy atom. The lowest BCUT2D eigenvalue weighted by molar-refractivity contribution is 0.0697. The number of carboxylic acid groups (broad SMARTS) is 1. The van der Waals surface area contributed by atoms with E-state index in [9.17, 15) is 9.90 Å². The Hall–Kier alpha value is -5.41. The van der Waals surface area contributed by atoms with E-state index in [-0.39, 0.29) is 11.0 Å². The summed E-state index contributed by atoms with van der Waals surface area (Å²) in [5, 5.41) is 9.54. The summed E-state index contributed by atoms with van der Waals surface area (Å²) in [6.45, 7) is 4.61. The molecule has 0 amide bonds. The van der Waals surface area contributed by atoms with Crippen LogP contribution in [0.4, 0.5) is 17.1 Å². The van der Waals surface area contributed by atoms with Gasteiger partial charge in [-0.05, 0) is 118 Å². The number of hydrogen-bond donors (Lipinski definition) is 1. The van der Waals surface area contributed by atoms with E-state index in [1.807, 2.05) is 30.3 Å². The van der Waals surface area contributed by atoms with Crippen molar-refractivity contribution in [2.75, 3.05) is 4.90 Å². The zero-order chi connectivity index (χ0) is 39.5. The average molecular weight is 754 g/mol. The smallest absolute Gasteiger partial charge is 0.335 e. The van der Waals surface area contributed by atoms with Gasteiger partial charge in [-0.1, -0.05) is 176 Å². The number of fused-ring (bicyclic) bond motifs is 3. The van der Waals surface area contributed by atoms with E-state index in [4.69, 9.17) is 0 Å². The summed E-state index contributed by atoms with van der Waals surface area (Å²) in [6, 6.07) is 51.8. The Kier molecular flexibility index (Phi) is 13.4. The van der Waals surface area contributed by atoms with Crippen LogP contribution in [0.5, 0.6) is 0 Å². The molecule has 0 radical (unpaired) electrons. The first-order valence-corrected chi connectivity index (χ1v) is 21.7. The van der Waals surface area contributed by atoms with Crippen molar-refractivity contribution >= 4 is 23.0 Å². The fourth-order valence-electron chi connectivity index (χ4n) is 9.14. The third-order valence-corrected chi connectivity index (χ3v) is 12.2. The van der Waals surface area contributed by atoms with Crippen molar-refractivity contribution in [3.8, 4) is 33.4 Å². The molecule has 0 saturated heterocycles. The van der Waals surface area contributed by atoms with Gasteiger partial charge in [-0.25, -0.2) is 4.79 Å². The zero-order valence-electron chi connectivity index (χ0n) is 34.1. The van der Waals surface area contributed by atoms with E-state index in [0.717, 1.165) is 17.1 Å². The number of anilines is 3. The van der Waals surface area contributed by atoms with Crippen LogP contribution in [-0.4, -0.2) is 11.1 Å². The van der Waals surface area contributed by atoms with E-state index in [0.29, 0.717) is 0 Å². The number of carbonyl (C=O) groups is 1. The third kappa shape index (κ3) is 9.10. The number of hydrogen-bond acceptors (Lipinski definition) is 2. The third-order valence-electron chi connectivity index (χ3n) is 12.2. The molecule has 3 heteroatoms. The van der Waals surface area contributed by atoms with Gasteiger partial charge >= 0.3 is 5.97 Å². The van der Waals surface area contributed by atoms with Crippen molar-refractivity contribution in [2.24, 2.45) is 0 Å². The molecular weight excluding hydrogens is 695 g/mol. The summed E-state index contributed by atoms with van der Waals surface area (Å²) in [5.41, 5.74) is 14.1. The van der Waals surface area contributed by atoms with Crippen LogP contribution in [0.25, 0.3) is 33.4 Å². The SMILES string of the molecule is CCCCCCCCC1(CCCCCCCC)c2cc(-c3ccccc3)ccc2-c2ccc(-c3ccc(N(c4ccccc4)c4ccc(C(=O)O)cc4)cc3)cc21. The van der Waals surface area contributed by atoms with Gasteiger partial charge in [0, 0.05) is 22.5 Å². The summed E-state index contributed by atoms with van der Waals surface area (Å²) >= 11 is 0. The minimum atomic E-state index is -0.922. The predicted octanol–water partition coefficient (Wildman–Crippen LogP) is 16.0. The maximum absolute atomic E-state index is 11.6. The van der Waals surface area contributed by atoms with Crippen LogP contribution in [0, 0.1) is 0 Å². The van der Waals surface area contributed by atoms with Gasteiger partial charge in [-0.3, -0.25) is 0 Å². The molecule has 0 heterocycles. The van der Waals surface area contributed by atoms with Crippen LogP contribution < -0.4 is 4.90 Å². The van der Waals surface area contributed by atoms with Crippen molar-refractivity contribution in [1.82, 2.24) is 0 Å². The summed E-state index contributed by atoms with van der Waals surface area (Å²) in [5.74, 6) is -0.922. The van der Waals surface area contributed by atoms with Crippen LogP contribution in [0.15, 0.2) is 146 Å². The molecule has 0 aromatic heterocycles. The molecule has 0 atom stereocenters. The van der Waals surface area contributed by atoms with Gasteiger partial charge in [0.15, 0.2) is 0 Å². The van der Waals surface area contributed by atoms with Crippen LogP contribution in [0.1, 0.15) is 125 Å². The molecule has 0 fully saturated rings. The molecule has 0 bridgehead atoms. The second-order valence-corrected chi connectivity index (χ2v) is 16.1. The number of carboxylic acids is 1. The quantitative estimate of drug-likeness (QED) is 0.0789. The first kappa shape index (κ1) is 39.8. The van der Waals surface area contributed by atoms with E-state index >= 15 is 0 Å². The van der Waals surface area contributed by atoms with Crippen molar-refractivity contribution < 1.29 is 9.90 Å². The molecule has 1 N–H and O–H groups in total. The molecule has 57 heavy (non-hydrogen) atoms. The fraction of sp³-hybridized carbons (Fsp3) is 0.315. The maximum atomic E-state index is 11.6. The van der Waals surface area contributed by atoms with E-state index in [1.165, 1.54) is 134 Å². The molecule has 6 aromatic rings. The normalized spacial score (nSPS) is 12.6. The van der Waals surface area contributed by atoms with Crippen molar-refractivity contribution in [1.29, 1.82) is 0 Å². The molecule has 3 nitrogen and oxygen atoms in total. The molecule has 292 valence electrons. The largest absolute Gasteiger partial charge is 0.478 e. The highest BCUT2D eigenvalue weighted by Gasteiger charge is 2.42. The molecule has 1 aliphatic carbocycles. The van der Waals surface area contributed by atoms with Gasteiger partial charge in [0.05, 0.1) is 5.56 Å². The fourth-order valence-corrected chi connectivity index (χ4v) is 9.14. The number of para-hydroxylation sites is 1. The summed E-state index contributed by atoms with van der Waals surface area (Å²) < 4.78 is 0. The molecule has 0 unspecified atom stereocenters. The first-order chi connectivity index (χ1) is 28.0. The highest BCUT2D eigenvalue weighted by Crippen LogP contribution is 2.56. The highest BCUT2D eigenvalue weighted by molar-refractivity contribution is 5.89. The number of nitrogens with zero attached hydrogens (tertiary/aromatic N) is 1. The lowest BCUT2D eigenvalue weighted by Crippen LogP contribution is -2.25. The lowest BCUT2D eigenvalue weighted by Gasteiger charge is -2.33. The Morgan fingerprint density at radius 3 is 1.35 bits per heavy atom. The van der Waals surface area contributed by atoms with E-state index < -0.39 is 5.97 Å². The van der Waals surface area contributed by atoms with Crippen LogP contribution in [0.3, 0.4) is 0 Å². The topological polar surface area (TPSA) is 40.5 Å². The Morgan fingerprint density at radius 2 is 0.860 bits per heavy atom. The van der Waals surface area contributed by atoms with Gasteiger partial charge in [0.2, 0.25) is 0 Å². The first-order valence-electron chi connectivity index (χ1n) is 21.7. The second kappa shape index (κ2) is 19.2. The molecule has 1 aliphatic rings. The average Bonchev–Trinajstić information content (AvgIpc) is 3.52. The standard InChI is InChI=1S/C54H59NO2/c1-3-5-7-9-11-19-37-54(38-20-12-10-8-6-4-2)51-39-44(41-21-15-13-16-22-41)29-35-49(51)50-36-30-45(40-52(50)54)42-25-31-47(32-26-42)55(46-23-17-14-18-24-46)48-33-27-43(28-34-48)53(56)57/h13-18,21-36,39-40H,3-12,19-20,37-38H2,1-2H3,(H,56,57). The maximum Gasteiger partial charge on any atom is 0.335 e. The van der Waals surface area contributed by atoms with Crippen LogP contribution in [-0.2, 0) is 5.41 Å². The number of unbranched alkanes of at least 4 members (excludes halogenated alkanes) is 10. The minimum absolute atomic E-state index is 0.0207. The van der Waals surface area contributed by atoms with Crippen LogP contribution >= 0.6 is 0 Å². The Bertz CT molecular complexity index is 2170. The molecule has 0 spiro atoms. The van der Waals surface area contributed by atoms with Crippen LogP contribution in [0.2, 0.25) is 0 Å². The van der Waals surface area contributed by atoms with Gasteiger partial charge < -0.3 is 10.0 Å². The second-order valence-electron chi connectivity index (χ2n) is 16.1. The van der Waals surface area contributed by atoms with Gasteiger partial charge in [0.25, 0.3) is 0 Å². The summed E-state index contributed by atoms with van der Waals surface area (Å²) in [4.78, 5) is 13.8. The van der Waals surface area contributed by atoms with Gasteiger partial charge in [0.1, 0.15) is 0 Å².